The van der Waals surface area contributed by atoms with Crippen molar-refractivity contribution in [2.24, 2.45) is 0 Å². The number of nitriles is 1. The van der Waals surface area contributed by atoms with Gasteiger partial charge < -0.3 is 9.80 Å². The summed E-state index contributed by atoms with van der Waals surface area (Å²) in [6.45, 7) is 2.04. The molecule has 2 aliphatic heterocycles. The Bertz CT molecular complexity index is 357. The van der Waals surface area contributed by atoms with E-state index in [9.17, 15) is 0 Å². The Morgan fingerprint density at radius 1 is 1.54 bits per heavy atom. The lowest BCUT2D eigenvalue weighted by atomic mass is 10.2. The number of hydrogen-bond donors (Lipinski definition) is 0. The number of hydrogen-bond acceptors (Lipinski definition) is 3. The lowest BCUT2D eigenvalue weighted by Crippen LogP contribution is -2.35. The minimum Gasteiger partial charge on any atom is -0.341 e. The quantitative estimate of drug-likeness (QED) is 0.554. The summed E-state index contributed by atoms with van der Waals surface area (Å²) >= 11 is 0. The lowest BCUT2D eigenvalue weighted by molar-refractivity contribution is 0.254. The maximum Gasteiger partial charge on any atom is 0.134 e. The van der Waals surface area contributed by atoms with Gasteiger partial charge in [0.05, 0.1) is 0 Å². The van der Waals surface area contributed by atoms with Gasteiger partial charge in [-0.05, 0) is 19.1 Å². The molecule has 1 atom stereocenters. The van der Waals surface area contributed by atoms with E-state index < -0.39 is 0 Å². The second-order valence-corrected chi connectivity index (χ2v) is 3.25. The molecule has 2 heterocycles. The zero-order valence-electron chi connectivity index (χ0n) is 7.73. The average molecular weight is 173 g/mol. The van der Waals surface area contributed by atoms with Crippen molar-refractivity contribution in [2.75, 3.05) is 7.05 Å². The van der Waals surface area contributed by atoms with Crippen LogP contribution in [0.1, 0.15) is 6.92 Å². The van der Waals surface area contributed by atoms with Crippen molar-refractivity contribution in [2.45, 2.75) is 13.1 Å². The van der Waals surface area contributed by atoms with Gasteiger partial charge in [0.15, 0.2) is 0 Å². The third-order valence-corrected chi connectivity index (χ3v) is 2.47. The highest BCUT2D eigenvalue weighted by Crippen LogP contribution is 2.27. The fourth-order valence-electron chi connectivity index (χ4n) is 1.65. The fourth-order valence-corrected chi connectivity index (χ4v) is 1.65. The monoisotopic (exact) mass is 173 g/mol. The van der Waals surface area contributed by atoms with Gasteiger partial charge in [-0.25, -0.2) is 0 Å². The zero-order chi connectivity index (χ0) is 9.42. The molecule has 0 saturated heterocycles. The summed E-state index contributed by atoms with van der Waals surface area (Å²) in [5.41, 5.74) is 1.88. The molecule has 0 aliphatic carbocycles. The Kier molecular flexibility index (Phi) is 1.63. The summed E-state index contributed by atoms with van der Waals surface area (Å²) in [6.07, 6.45) is 8.23. The van der Waals surface area contributed by atoms with Gasteiger partial charge in [0.25, 0.3) is 0 Å². The molecule has 0 saturated carbocycles. The molecule has 0 aromatic heterocycles. The average Bonchev–Trinajstić information content (AvgIpc) is 2.45. The largest absolute Gasteiger partial charge is 0.341 e. The van der Waals surface area contributed by atoms with Gasteiger partial charge in [-0.3, -0.25) is 0 Å². The van der Waals surface area contributed by atoms with Crippen molar-refractivity contribution in [3.8, 4) is 6.07 Å². The normalized spacial score (nSPS) is 25.2. The van der Waals surface area contributed by atoms with Crippen LogP contribution in [-0.2, 0) is 0 Å². The van der Waals surface area contributed by atoms with Crippen molar-refractivity contribution >= 4 is 0 Å². The van der Waals surface area contributed by atoms with E-state index in [2.05, 4.69) is 17.0 Å². The fraction of sp³-hybridized carbons (Fsp3) is 0.300. The molecule has 0 bridgehead atoms. The molecular formula is C10H11N3. The first-order chi connectivity index (χ1) is 6.24. The van der Waals surface area contributed by atoms with Crippen LogP contribution < -0.4 is 0 Å². The van der Waals surface area contributed by atoms with Crippen LogP contribution in [0.15, 0.2) is 35.8 Å². The standard InChI is InChI=1S/C10H11N3/c1-8-4-3-5-10-12(2)9(6-11)7-13(8)10/h3-5,7,10H,1-2H3. The van der Waals surface area contributed by atoms with E-state index in [0.29, 0.717) is 5.70 Å². The zero-order valence-corrected chi connectivity index (χ0v) is 7.73. The second-order valence-electron chi connectivity index (χ2n) is 3.25. The Labute approximate surface area is 77.9 Å². The predicted molar refractivity (Wildman–Crippen MR) is 50.0 cm³/mol. The maximum absolute atomic E-state index is 8.84. The van der Waals surface area contributed by atoms with Gasteiger partial charge in [0.1, 0.15) is 17.9 Å². The molecule has 66 valence electrons. The summed E-state index contributed by atoms with van der Waals surface area (Å²) in [4.78, 5) is 4.06. The van der Waals surface area contributed by atoms with E-state index in [1.54, 1.807) is 0 Å². The Morgan fingerprint density at radius 3 is 2.92 bits per heavy atom. The predicted octanol–water partition coefficient (Wildman–Crippen LogP) is 1.40. The summed E-state index contributed by atoms with van der Waals surface area (Å²) in [5, 5.41) is 8.84. The van der Waals surface area contributed by atoms with Crippen LogP contribution in [0.2, 0.25) is 0 Å². The summed E-state index contributed by atoms with van der Waals surface area (Å²) < 4.78 is 0. The highest BCUT2D eigenvalue weighted by Gasteiger charge is 2.29. The molecule has 0 spiro atoms. The number of allylic oxidation sites excluding steroid dienone is 4. The van der Waals surface area contributed by atoms with Crippen LogP contribution >= 0.6 is 0 Å². The minimum absolute atomic E-state index is 0.194. The van der Waals surface area contributed by atoms with Gasteiger partial charge >= 0.3 is 0 Å². The van der Waals surface area contributed by atoms with Gasteiger partial charge in [0, 0.05) is 18.9 Å². The van der Waals surface area contributed by atoms with Crippen LogP contribution in [0.5, 0.6) is 0 Å². The van der Waals surface area contributed by atoms with E-state index in [-0.39, 0.29) is 6.17 Å². The Morgan fingerprint density at radius 2 is 2.31 bits per heavy atom. The van der Waals surface area contributed by atoms with Gasteiger partial charge in [-0.2, -0.15) is 5.26 Å². The van der Waals surface area contributed by atoms with E-state index >= 15 is 0 Å². The topological polar surface area (TPSA) is 30.3 Å². The van der Waals surface area contributed by atoms with E-state index in [0.717, 1.165) is 0 Å². The number of nitrogens with zero attached hydrogens (tertiary/aromatic N) is 3. The summed E-state index contributed by atoms with van der Waals surface area (Å²) in [7, 11) is 1.93. The first-order valence-electron chi connectivity index (χ1n) is 4.22. The van der Waals surface area contributed by atoms with Crippen molar-refractivity contribution in [3.63, 3.8) is 0 Å². The lowest BCUT2D eigenvalue weighted by Gasteiger charge is -2.30. The Hall–Kier alpha value is -1.69. The van der Waals surface area contributed by atoms with Crippen molar-refractivity contribution in [1.29, 1.82) is 5.26 Å². The molecule has 0 fully saturated rings. The van der Waals surface area contributed by atoms with Crippen LogP contribution in [0.3, 0.4) is 0 Å². The molecule has 0 radical (unpaired) electrons. The molecular weight excluding hydrogens is 162 g/mol. The number of fused-ring (bicyclic) bond motifs is 1. The van der Waals surface area contributed by atoms with Crippen molar-refractivity contribution in [1.82, 2.24) is 9.80 Å². The van der Waals surface area contributed by atoms with Gasteiger partial charge in [-0.1, -0.05) is 6.08 Å². The molecule has 13 heavy (non-hydrogen) atoms. The van der Waals surface area contributed by atoms with Crippen LogP contribution in [0, 0.1) is 11.3 Å². The summed E-state index contributed by atoms with van der Waals surface area (Å²) in [6, 6.07) is 2.17. The molecule has 0 N–H and O–H groups in total. The first kappa shape index (κ1) is 7.93. The highest BCUT2D eigenvalue weighted by atomic mass is 15.4. The second kappa shape index (κ2) is 2.67. The van der Waals surface area contributed by atoms with Gasteiger partial charge in [-0.15, -0.1) is 0 Å². The third-order valence-electron chi connectivity index (χ3n) is 2.47. The SMILES string of the molecule is CC1=CC=CC2N(C)C(C#N)=CN12. The molecule has 0 amide bonds. The first-order valence-corrected chi connectivity index (χ1v) is 4.22. The van der Waals surface area contributed by atoms with Crippen LogP contribution in [0.25, 0.3) is 0 Å². The molecule has 0 aromatic carbocycles. The number of rotatable bonds is 0. The molecule has 2 rings (SSSR count). The van der Waals surface area contributed by atoms with Crippen molar-refractivity contribution < 1.29 is 0 Å². The highest BCUT2D eigenvalue weighted by molar-refractivity contribution is 5.32. The third kappa shape index (κ3) is 1.03. The molecule has 3 nitrogen and oxygen atoms in total. The van der Waals surface area contributed by atoms with E-state index in [1.807, 2.05) is 37.2 Å². The Balaban J connectivity index is 2.37. The van der Waals surface area contributed by atoms with Crippen LogP contribution in [-0.4, -0.2) is 23.0 Å². The maximum atomic E-state index is 8.84. The summed E-state index contributed by atoms with van der Waals surface area (Å²) in [5.74, 6) is 0. The number of likely N-dealkylation sites (N-methyl/N-ethyl adjacent to an activating group) is 1. The smallest absolute Gasteiger partial charge is 0.134 e. The molecule has 3 heteroatoms. The molecule has 1 unspecified atom stereocenters. The molecule has 0 aromatic rings. The van der Waals surface area contributed by atoms with Crippen LogP contribution in [0.4, 0.5) is 0 Å². The van der Waals surface area contributed by atoms with Crippen molar-refractivity contribution in [3.05, 3.63) is 35.8 Å². The van der Waals surface area contributed by atoms with Gasteiger partial charge in [0.2, 0.25) is 0 Å². The van der Waals surface area contributed by atoms with E-state index in [1.165, 1.54) is 5.70 Å². The van der Waals surface area contributed by atoms with E-state index in [4.69, 9.17) is 5.26 Å². The molecule has 2 aliphatic rings. The minimum atomic E-state index is 0.194.